The molecular weight excluding hydrogens is 576 g/mol. The lowest BCUT2D eigenvalue weighted by Gasteiger charge is -2.43. The predicted molar refractivity (Wildman–Crippen MR) is 168 cm³/mol. The van der Waals surface area contributed by atoms with E-state index < -0.39 is 24.3 Å². The van der Waals surface area contributed by atoms with Gasteiger partial charge in [-0.2, -0.15) is 0 Å². The van der Waals surface area contributed by atoms with Gasteiger partial charge in [0.1, 0.15) is 0 Å². The van der Waals surface area contributed by atoms with Crippen molar-refractivity contribution in [3.63, 3.8) is 0 Å². The van der Waals surface area contributed by atoms with Gasteiger partial charge >= 0.3 is 5.97 Å². The largest absolute Gasteiger partial charge is 0.493 e. The number of rotatable bonds is 10. The van der Waals surface area contributed by atoms with E-state index in [1.165, 1.54) is 25.0 Å². The quantitative estimate of drug-likeness (QED) is 0.305. The average Bonchev–Trinajstić information content (AvgIpc) is 3.04. The Balaban J connectivity index is 1.38. The topological polar surface area (TPSA) is 116 Å². The van der Waals surface area contributed by atoms with Crippen molar-refractivity contribution < 1.29 is 38.4 Å². The van der Waals surface area contributed by atoms with Gasteiger partial charge in [-0.05, 0) is 59.9 Å². The van der Waals surface area contributed by atoms with Crippen molar-refractivity contribution in [3.05, 3.63) is 88.5 Å². The first kappa shape index (κ1) is 32.4. The fourth-order valence-electron chi connectivity index (χ4n) is 5.99. The second-order valence-electron chi connectivity index (χ2n) is 11.6. The minimum atomic E-state index is -0.930. The number of ether oxygens (including phenoxy) is 5. The first-order valence-corrected chi connectivity index (χ1v) is 15.2. The van der Waals surface area contributed by atoms with E-state index in [9.17, 15) is 14.7 Å². The van der Waals surface area contributed by atoms with Gasteiger partial charge in [0, 0.05) is 43.7 Å². The van der Waals surface area contributed by atoms with Crippen LogP contribution in [0.4, 0.5) is 5.69 Å². The summed E-state index contributed by atoms with van der Waals surface area (Å²) < 4.78 is 29.4. The average molecular weight is 619 g/mol. The lowest BCUT2D eigenvalue weighted by atomic mass is 9.89. The number of hydrogen-bond donors (Lipinski definition) is 2. The molecule has 1 saturated heterocycles. The van der Waals surface area contributed by atoms with E-state index in [1.807, 2.05) is 42.5 Å². The number of esters is 1. The number of anilines is 1. The Bertz CT molecular complexity index is 1490. The Morgan fingerprint density at radius 1 is 1.00 bits per heavy atom. The van der Waals surface area contributed by atoms with Gasteiger partial charge in [-0.15, -0.1) is 0 Å². The molecular formula is C35H42N2O8. The summed E-state index contributed by atoms with van der Waals surface area (Å²) in [6, 6.07) is 19.3. The number of benzene rings is 3. The zero-order chi connectivity index (χ0) is 32.1. The third kappa shape index (κ3) is 7.65. The number of amides is 1. The number of aliphatic hydroxyl groups is 1. The molecule has 2 aliphatic heterocycles. The van der Waals surface area contributed by atoms with Crippen LogP contribution in [-0.4, -0.2) is 61.4 Å². The van der Waals surface area contributed by atoms with Gasteiger partial charge in [0.2, 0.25) is 0 Å². The normalized spacial score (nSPS) is 22.2. The molecule has 5 rings (SSSR count). The first-order valence-electron chi connectivity index (χ1n) is 15.2. The summed E-state index contributed by atoms with van der Waals surface area (Å²) in [7, 11) is 3.30. The predicted octanol–water partition coefficient (Wildman–Crippen LogP) is 4.94. The molecule has 240 valence electrons. The number of carbonyl (C=O) groups is 2. The third-order valence-electron chi connectivity index (χ3n) is 8.50. The fourth-order valence-corrected chi connectivity index (χ4v) is 5.99. The maximum atomic E-state index is 12.6. The number of carbonyl (C=O) groups excluding carboxylic acids is 2. The van der Waals surface area contributed by atoms with Crippen molar-refractivity contribution in [2.75, 3.05) is 32.6 Å². The minimum Gasteiger partial charge on any atom is -0.493 e. The molecule has 3 aromatic carbocycles. The van der Waals surface area contributed by atoms with Crippen molar-refractivity contribution in [2.45, 2.75) is 64.9 Å². The van der Waals surface area contributed by atoms with E-state index in [0.29, 0.717) is 12.2 Å². The molecule has 0 saturated carbocycles. The molecule has 2 N–H and O–H groups in total. The second-order valence-corrected chi connectivity index (χ2v) is 11.6. The summed E-state index contributed by atoms with van der Waals surface area (Å²) in [6.45, 7) is 7.23. The van der Waals surface area contributed by atoms with Gasteiger partial charge in [-0.3, -0.25) is 14.5 Å². The highest BCUT2D eigenvalue weighted by Gasteiger charge is 2.39. The van der Waals surface area contributed by atoms with Crippen molar-refractivity contribution in [1.29, 1.82) is 0 Å². The first-order chi connectivity index (χ1) is 21.7. The van der Waals surface area contributed by atoms with E-state index in [2.05, 4.69) is 29.3 Å². The summed E-state index contributed by atoms with van der Waals surface area (Å²) in [4.78, 5) is 26.3. The van der Waals surface area contributed by atoms with Gasteiger partial charge < -0.3 is 34.1 Å². The van der Waals surface area contributed by atoms with Crippen LogP contribution in [0.25, 0.3) is 0 Å². The number of hydrogen-bond acceptors (Lipinski definition) is 9. The van der Waals surface area contributed by atoms with Crippen LogP contribution in [0.1, 0.15) is 61.0 Å². The van der Waals surface area contributed by atoms with Gasteiger partial charge in [0.25, 0.3) is 5.91 Å². The van der Waals surface area contributed by atoms with Crippen LogP contribution in [0.15, 0.2) is 60.7 Å². The van der Waals surface area contributed by atoms with Crippen molar-refractivity contribution >= 4 is 17.6 Å². The van der Waals surface area contributed by atoms with Gasteiger partial charge in [0.05, 0.1) is 33.0 Å². The molecule has 45 heavy (non-hydrogen) atoms. The molecule has 0 radical (unpaired) electrons. The Labute approximate surface area is 264 Å². The molecule has 0 aliphatic carbocycles. The fraction of sp³-hybridized carbons (Fsp3) is 0.429. The van der Waals surface area contributed by atoms with E-state index in [1.54, 1.807) is 20.3 Å². The van der Waals surface area contributed by atoms with Gasteiger partial charge in [-0.25, -0.2) is 0 Å². The smallest absolute Gasteiger partial charge is 0.303 e. The number of nitrogens with zero attached hydrogens (tertiary/aromatic N) is 1. The Kier molecular flexibility index (Phi) is 10.4. The number of aliphatic hydroxyl groups excluding tert-OH is 1. The van der Waals surface area contributed by atoms with Crippen molar-refractivity contribution in [3.8, 4) is 11.5 Å². The molecule has 0 spiro atoms. The maximum absolute atomic E-state index is 12.6. The lowest BCUT2D eigenvalue weighted by molar-refractivity contribution is -0.276. The third-order valence-corrected chi connectivity index (χ3v) is 8.50. The molecule has 1 fully saturated rings. The summed E-state index contributed by atoms with van der Waals surface area (Å²) in [6.07, 6.45) is -1.19. The zero-order valence-corrected chi connectivity index (χ0v) is 26.4. The van der Waals surface area contributed by atoms with E-state index in [0.717, 1.165) is 47.7 Å². The SMILES string of the molecule is COc1cc2c(cc1OC)CN(C[C@@H]1O[C@H](c3cccc(NC(=O)[C@H](C)OC(C)=O)c3)O[C@H](c3ccc(CO)cc3)[C@@H]1C)CC2. The highest BCUT2D eigenvalue weighted by atomic mass is 16.7. The minimum absolute atomic E-state index is 0.0143. The molecule has 5 atom stereocenters. The van der Waals surface area contributed by atoms with E-state index in [-0.39, 0.29) is 24.7 Å². The summed E-state index contributed by atoms with van der Waals surface area (Å²) in [5, 5.41) is 12.4. The molecule has 0 unspecified atom stereocenters. The second kappa shape index (κ2) is 14.4. The number of nitrogens with one attached hydrogen (secondary N) is 1. The molecule has 1 amide bonds. The van der Waals surface area contributed by atoms with Crippen LogP contribution in [0.3, 0.4) is 0 Å². The highest BCUT2D eigenvalue weighted by molar-refractivity contribution is 5.95. The highest BCUT2D eigenvalue weighted by Crippen LogP contribution is 2.43. The van der Waals surface area contributed by atoms with Crippen LogP contribution < -0.4 is 14.8 Å². The zero-order valence-electron chi connectivity index (χ0n) is 26.4. The molecule has 0 aromatic heterocycles. The molecule has 10 heteroatoms. The number of fused-ring (bicyclic) bond motifs is 1. The van der Waals surface area contributed by atoms with Crippen molar-refractivity contribution in [2.24, 2.45) is 5.92 Å². The lowest BCUT2D eigenvalue weighted by Crippen LogP contribution is -2.45. The monoisotopic (exact) mass is 618 g/mol. The summed E-state index contributed by atoms with van der Waals surface area (Å²) >= 11 is 0. The standard InChI is InChI=1S/C35H42N2O8/c1-21-32(19-37-14-13-26-16-30(41-4)31(42-5)17-28(26)18-37)44-35(45-33(21)25-11-9-24(20-38)10-12-25)27-7-6-8-29(15-27)36-34(40)22(2)43-23(3)39/h6-12,15-17,21-22,32-33,35,38H,13-14,18-20H2,1-5H3,(H,36,40)/t21-,22+,32+,33+,35+/m1/s1. The molecule has 2 heterocycles. The van der Waals surface area contributed by atoms with Crippen LogP contribution in [0.2, 0.25) is 0 Å². The molecule has 3 aromatic rings. The van der Waals surface area contributed by atoms with Crippen molar-refractivity contribution in [1.82, 2.24) is 4.90 Å². The van der Waals surface area contributed by atoms with Crippen LogP contribution >= 0.6 is 0 Å². The Morgan fingerprint density at radius 2 is 1.71 bits per heavy atom. The molecule has 10 nitrogen and oxygen atoms in total. The summed E-state index contributed by atoms with van der Waals surface area (Å²) in [5.41, 5.74) is 5.59. The van der Waals surface area contributed by atoms with Crippen LogP contribution in [-0.2, 0) is 43.4 Å². The molecule has 2 aliphatic rings. The summed E-state index contributed by atoms with van der Waals surface area (Å²) in [5.74, 6) is 0.517. The van der Waals surface area contributed by atoms with Crippen LogP contribution in [0.5, 0.6) is 11.5 Å². The Hall–Kier alpha value is -3.96. The maximum Gasteiger partial charge on any atom is 0.303 e. The van der Waals surface area contributed by atoms with Gasteiger partial charge in [-0.1, -0.05) is 43.3 Å². The Morgan fingerprint density at radius 3 is 2.38 bits per heavy atom. The van der Waals surface area contributed by atoms with Crippen LogP contribution in [0, 0.1) is 5.92 Å². The van der Waals surface area contributed by atoms with E-state index >= 15 is 0 Å². The number of methoxy groups -OCH3 is 2. The van der Waals surface area contributed by atoms with E-state index in [4.69, 9.17) is 23.7 Å². The van der Waals surface area contributed by atoms with Gasteiger partial charge in [0.15, 0.2) is 23.9 Å². The molecule has 0 bridgehead atoms.